The number of likely N-dealkylation sites (tertiary alicyclic amines) is 1. The molecule has 7 N–H and O–H groups in total. The third-order valence-electron chi connectivity index (χ3n) is 4.92. The van der Waals surface area contributed by atoms with Crippen molar-refractivity contribution in [2.75, 3.05) is 13.1 Å². The van der Waals surface area contributed by atoms with Gasteiger partial charge in [-0.05, 0) is 33.1 Å². The summed E-state index contributed by atoms with van der Waals surface area (Å²) in [5, 5.41) is 21.6. The number of amides is 5. The predicted octanol–water partition coefficient (Wildman–Crippen LogP) is -1.74. The van der Waals surface area contributed by atoms with E-state index in [1.807, 2.05) is 6.92 Å². The van der Waals surface area contributed by atoms with Gasteiger partial charge in [0.05, 0.1) is 12.2 Å². The molecule has 0 radical (unpaired) electrons. The van der Waals surface area contributed by atoms with Gasteiger partial charge in [0, 0.05) is 13.1 Å². The molecule has 11 heteroatoms. The van der Waals surface area contributed by atoms with Gasteiger partial charge in [-0.15, -0.1) is 0 Å². The summed E-state index contributed by atoms with van der Waals surface area (Å²) in [7, 11) is 0. The van der Waals surface area contributed by atoms with Gasteiger partial charge in [0.1, 0.15) is 18.1 Å². The number of unbranched alkanes of at least 4 members (excludes halogenated alkanes) is 1. The molecule has 5 atom stereocenters. The molecular formula is C18H33N5O6. The number of carbonyl (C=O) groups excluding carboxylic acids is 4. The molecule has 1 fully saturated rings. The van der Waals surface area contributed by atoms with Crippen LogP contribution in [0.2, 0.25) is 0 Å². The lowest BCUT2D eigenvalue weighted by atomic mass is 10.1. The van der Waals surface area contributed by atoms with Crippen molar-refractivity contribution in [1.29, 1.82) is 0 Å². The monoisotopic (exact) mass is 415 g/mol. The molecule has 0 unspecified atom stereocenters. The summed E-state index contributed by atoms with van der Waals surface area (Å²) in [6.07, 6.45) is -0.215. The number of primary amides is 1. The van der Waals surface area contributed by atoms with Gasteiger partial charge in [-0.25, -0.2) is 4.79 Å². The third kappa shape index (κ3) is 6.38. The Hall–Kier alpha value is -2.24. The van der Waals surface area contributed by atoms with E-state index in [1.165, 1.54) is 18.7 Å². The van der Waals surface area contributed by atoms with Gasteiger partial charge in [0.15, 0.2) is 0 Å². The van der Waals surface area contributed by atoms with E-state index in [0.717, 1.165) is 11.3 Å². The fourth-order valence-electron chi connectivity index (χ4n) is 3.10. The highest BCUT2D eigenvalue weighted by molar-refractivity contribution is 5.99. The normalized spacial score (nSPS) is 20.5. The average molecular weight is 415 g/mol. The second-order valence-electron chi connectivity index (χ2n) is 7.37. The van der Waals surface area contributed by atoms with E-state index in [-0.39, 0.29) is 13.1 Å². The molecule has 0 bridgehead atoms. The summed E-state index contributed by atoms with van der Waals surface area (Å²) in [6, 6.07) is -4.14. The second kappa shape index (κ2) is 11.1. The fourth-order valence-corrected chi connectivity index (χ4v) is 3.10. The number of aliphatic hydroxyl groups is 2. The topological polar surface area (TPSA) is 179 Å². The third-order valence-corrected chi connectivity index (χ3v) is 4.92. The Balaban J connectivity index is 3.01. The minimum absolute atomic E-state index is 0.108. The molecule has 1 rings (SSSR count). The van der Waals surface area contributed by atoms with Gasteiger partial charge in [-0.2, -0.15) is 0 Å². The van der Waals surface area contributed by atoms with Crippen LogP contribution in [0.5, 0.6) is 0 Å². The van der Waals surface area contributed by atoms with Crippen molar-refractivity contribution in [3.8, 4) is 0 Å². The standard InChI is InChI=1S/C18H33N5O6/c1-4-5-8-23(17(28)13(19)10(2)24)18(29)22-9-6-7-12(22)16(27)21-14(11(3)25)15(20)26/h10-14,24-25H,4-9,19H2,1-3H3,(H2,20,26)(H,21,27)/t10-,11-,12+,13+,14+/m1/s1. The Morgan fingerprint density at radius 1 is 1.21 bits per heavy atom. The first-order valence-corrected chi connectivity index (χ1v) is 9.86. The molecule has 166 valence electrons. The van der Waals surface area contributed by atoms with Crippen molar-refractivity contribution in [2.24, 2.45) is 11.5 Å². The van der Waals surface area contributed by atoms with E-state index in [4.69, 9.17) is 11.5 Å². The highest BCUT2D eigenvalue weighted by Gasteiger charge is 2.40. The van der Waals surface area contributed by atoms with Crippen molar-refractivity contribution in [1.82, 2.24) is 15.1 Å². The average Bonchev–Trinajstić information content (AvgIpc) is 3.14. The summed E-state index contributed by atoms with van der Waals surface area (Å²) in [5.41, 5.74) is 10.9. The summed E-state index contributed by atoms with van der Waals surface area (Å²) in [5.74, 6) is -2.25. The Kier molecular flexibility index (Phi) is 9.47. The SMILES string of the molecule is CCCCN(C(=O)[C@@H](N)[C@@H](C)O)C(=O)N1CCC[C@H]1C(=O)N[C@H](C(N)=O)[C@@H](C)O. The number of hydrogen-bond acceptors (Lipinski definition) is 7. The first-order chi connectivity index (χ1) is 13.5. The lowest BCUT2D eigenvalue weighted by molar-refractivity contribution is -0.134. The molecule has 5 amide bonds. The molecule has 0 aromatic rings. The minimum Gasteiger partial charge on any atom is -0.391 e. The quantitative estimate of drug-likeness (QED) is 0.296. The number of nitrogens with zero attached hydrogens (tertiary/aromatic N) is 2. The van der Waals surface area contributed by atoms with E-state index in [0.29, 0.717) is 19.3 Å². The maximum atomic E-state index is 13.1. The fraction of sp³-hybridized carbons (Fsp3) is 0.778. The number of imide groups is 1. The van der Waals surface area contributed by atoms with Crippen LogP contribution in [0, 0.1) is 0 Å². The zero-order valence-electron chi connectivity index (χ0n) is 17.2. The van der Waals surface area contributed by atoms with Gasteiger partial charge in [0.25, 0.3) is 0 Å². The van der Waals surface area contributed by atoms with E-state index < -0.39 is 54.1 Å². The van der Waals surface area contributed by atoms with Crippen LogP contribution in [0.1, 0.15) is 46.5 Å². The largest absolute Gasteiger partial charge is 0.391 e. The zero-order valence-corrected chi connectivity index (χ0v) is 17.2. The van der Waals surface area contributed by atoms with Gasteiger partial charge in [0.2, 0.25) is 17.7 Å². The number of carbonyl (C=O) groups is 4. The lowest BCUT2D eigenvalue weighted by Gasteiger charge is -2.32. The van der Waals surface area contributed by atoms with Crippen LogP contribution in [0.3, 0.4) is 0 Å². The van der Waals surface area contributed by atoms with Crippen molar-refractivity contribution in [2.45, 2.75) is 76.8 Å². The summed E-state index contributed by atoms with van der Waals surface area (Å²) < 4.78 is 0. The summed E-state index contributed by atoms with van der Waals surface area (Å²) in [4.78, 5) is 52.0. The molecule has 0 aromatic heterocycles. The maximum Gasteiger partial charge on any atom is 0.327 e. The second-order valence-corrected chi connectivity index (χ2v) is 7.37. The van der Waals surface area contributed by atoms with E-state index in [2.05, 4.69) is 5.32 Å². The van der Waals surface area contributed by atoms with Crippen LogP contribution in [-0.4, -0.2) is 87.2 Å². The predicted molar refractivity (Wildman–Crippen MR) is 104 cm³/mol. The van der Waals surface area contributed by atoms with Crippen LogP contribution >= 0.6 is 0 Å². The van der Waals surface area contributed by atoms with Crippen molar-refractivity contribution in [3.63, 3.8) is 0 Å². The molecule has 1 saturated heterocycles. The summed E-state index contributed by atoms with van der Waals surface area (Å²) >= 11 is 0. The van der Waals surface area contributed by atoms with E-state index in [9.17, 15) is 29.4 Å². The van der Waals surface area contributed by atoms with Crippen LogP contribution in [0.4, 0.5) is 4.79 Å². The number of hydrogen-bond donors (Lipinski definition) is 5. The van der Waals surface area contributed by atoms with Crippen molar-refractivity contribution < 1.29 is 29.4 Å². The molecule has 0 spiro atoms. The molecule has 0 aromatic carbocycles. The number of aliphatic hydroxyl groups excluding tert-OH is 2. The molecule has 1 heterocycles. The molecular weight excluding hydrogens is 382 g/mol. The van der Waals surface area contributed by atoms with E-state index >= 15 is 0 Å². The Morgan fingerprint density at radius 3 is 2.31 bits per heavy atom. The maximum absolute atomic E-state index is 13.1. The smallest absolute Gasteiger partial charge is 0.327 e. The lowest BCUT2D eigenvalue weighted by Crippen LogP contribution is -2.59. The molecule has 11 nitrogen and oxygen atoms in total. The van der Waals surface area contributed by atoms with Crippen molar-refractivity contribution in [3.05, 3.63) is 0 Å². The van der Waals surface area contributed by atoms with Crippen LogP contribution in [0.15, 0.2) is 0 Å². The van der Waals surface area contributed by atoms with Gasteiger partial charge < -0.3 is 31.9 Å². The highest BCUT2D eigenvalue weighted by Crippen LogP contribution is 2.20. The number of urea groups is 1. The first-order valence-electron chi connectivity index (χ1n) is 9.86. The number of rotatable bonds is 9. The molecule has 1 aliphatic rings. The number of nitrogens with one attached hydrogen (secondary N) is 1. The molecule has 0 saturated carbocycles. The van der Waals surface area contributed by atoms with Gasteiger partial charge in [-0.3, -0.25) is 19.3 Å². The molecule has 0 aliphatic carbocycles. The highest BCUT2D eigenvalue weighted by atomic mass is 16.3. The Labute approximate surface area is 170 Å². The zero-order chi connectivity index (χ0) is 22.3. The Bertz CT molecular complexity index is 612. The first kappa shape index (κ1) is 24.8. The minimum atomic E-state index is -1.29. The Morgan fingerprint density at radius 2 is 1.83 bits per heavy atom. The molecule has 29 heavy (non-hydrogen) atoms. The van der Waals surface area contributed by atoms with Crippen LogP contribution < -0.4 is 16.8 Å². The van der Waals surface area contributed by atoms with Gasteiger partial charge >= 0.3 is 6.03 Å². The van der Waals surface area contributed by atoms with Crippen molar-refractivity contribution >= 4 is 23.8 Å². The van der Waals surface area contributed by atoms with Crippen LogP contribution in [0.25, 0.3) is 0 Å². The molecule has 1 aliphatic heterocycles. The van der Waals surface area contributed by atoms with Crippen LogP contribution in [-0.2, 0) is 14.4 Å². The van der Waals surface area contributed by atoms with Gasteiger partial charge in [-0.1, -0.05) is 13.3 Å². The summed E-state index contributed by atoms with van der Waals surface area (Å²) in [6.45, 7) is 4.92. The number of nitrogens with two attached hydrogens (primary N) is 2. The van der Waals surface area contributed by atoms with E-state index in [1.54, 1.807) is 0 Å².